The van der Waals surface area contributed by atoms with E-state index in [1.807, 2.05) is 24.3 Å². The van der Waals surface area contributed by atoms with Crippen molar-refractivity contribution in [2.75, 3.05) is 13.4 Å². The van der Waals surface area contributed by atoms with Gasteiger partial charge in [0.2, 0.25) is 12.7 Å². The van der Waals surface area contributed by atoms with E-state index in [-0.39, 0.29) is 31.7 Å². The van der Waals surface area contributed by atoms with E-state index in [2.05, 4.69) is 0 Å². The Bertz CT molecular complexity index is 1190. The van der Waals surface area contributed by atoms with Gasteiger partial charge in [-0.25, -0.2) is 4.98 Å². The molecule has 7 nitrogen and oxygen atoms in total. The van der Waals surface area contributed by atoms with Gasteiger partial charge in [-0.05, 0) is 23.8 Å². The minimum Gasteiger partial charge on any atom is -0.464 e. The van der Waals surface area contributed by atoms with Gasteiger partial charge in [-0.1, -0.05) is 0 Å². The third kappa shape index (κ3) is 1.74. The highest BCUT2D eigenvalue weighted by molar-refractivity contribution is 6.04. The Hall–Kier alpha value is -3.35. The summed E-state index contributed by atoms with van der Waals surface area (Å²) in [6, 6.07) is 5.73. The second-order valence-electron chi connectivity index (χ2n) is 6.68. The standard InChI is InChI=1S/C19H12N2O5/c22-17-4-9-2-14-18-11(6-21(14)19(23)12(9)7-24-17)1-10-3-15-16(26-8-25-15)5-13(10)20-18/h1-3,5-6,12H,4,7-8H2. The molecule has 0 N–H and O–H groups in total. The van der Waals surface area contributed by atoms with Gasteiger partial charge in [-0.3, -0.25) is 14.2 Å². The van der Waals surface area contributed by atoms with Crippen molar-refractivity contribution in [1.82, 2.24) is 9.55 Å². The molecule has 2 aromatic heterocycles. The van der Waals surface area contributed by atoms with E-state index in [0.717, 1.165) is 27.4 Å². The molecule has 3 aliphatic rings. The van der Waals surface area contributed by atoms with Crippen LogP contribution < -0.4 is 9.47 Å². The summed E-state index contributed by atoms with van der Waals surface area (Å²) >= 11 is 0. The molecule has 0 aliphatic carbocycles. The van der Waals surface area contributed by atoms with Gasteiger partial charge < -0.3 is 14.2 Å². The maximum atomic E-state index is 12.8. The average Bonchev–Trinajstić information content (AvgIpc) is 3.22. The molecule has 6 rings (SSSR count). The molecule has 7 heteroatoms. The minimum absolute atomic E-state index is 0.0822. The van der Waals surface area contributed by atoms with Crippen molar-refractivity contribution in [3.05, 3.63) is 35.7 Å². The quantitative estimate of drug-likeness (QED) is 0.581. The lowest BCUT2D eigenvalue weighted by atomic mass is 9.90. The zero-order valence-electron chi connectivity index (χ0n) is 13.5. The molecule has 1 atom stereocenters. The van der Waals surface area contributed by atoms with Crippen LogP contribution in [0, 0.1) is 5.92 Å². The summed E-state index contributed by atoms with van der Waals surface area (Å²) in [5.74, 6) is 0.587. The van der Waals surface area contributed by atoms with E-state index >= 15 is 0 Å². The summed E-state index contributed by atoms with van der Waals surface area (Å²) in [5, 5.41) is 1.78. The third-order valence-electron chi connectivity index (χ3n) is 5.17. The van der Waals surface area contributed by atoms with Crippen molar-refractivity contribution in [3.63, 3.8) is 0 Å². The molecular formula is C19H12N2O5. The van der Waals surface area contributed by atoms with Gasteiger partial charge in [0.15, 0.2) is 11.5 Å². The second-order valence-corrected chi connectivity index (χ2v) is 6.68. The van der Waals surface area contributed by atoms with Crippen LogP contribution in [0.1, 0.15) is 16.9 Å². The Morgan fingerprint density at radius 2 is 1.88 bits per heavy atom. The number of fused-ring (bicyclic) bond motifs is 6. The first-order chi connectivity index (χ1) is 12.7. The van der Waals surface area contributed by atoms with Gasteiger partial charge in [0.25, 0.3) is 0 Å². The number of benzene rings is 1. The van der Waals surface area contributed by atoms with Crippen molar-refractivity contribution >= 4 is 39.8 Å². The van der Waals surface area contributed by atoms with Gasteiger partial charge in [0.1, 0.15) is 6.61 Å². The van der Waals surface area contributed by atoms with Crippen LogP contribution in [0.5, 0.6) is 11.5 Å². The molecular weight excluding hydrogens is 336 g/mol. The topological polar surface area (TPSA) is 79.7 Å². The van der Waals surface area contributed by atoms with E-state index in [0.29, 0.717) is 17.2 Å². The molecule has 1 unspecified atom stereocenters. The van der Waals surface area contributed by atoms with Crippen LogP contribution in [0.3, 0.4) is 0 Å². The first-order valence-corrected chi connectivity index (χ1v) is 8.33. The molecule has 3 aliphatic heterocycles. The predicted molar refractivity (Wildman–Crippen MR) is 91.0 cm³/mol. The van der Waals surface area contributed by atoms with Crippen LogP contribution in [0.25, 0.3) is 27.9 Å². The fraction of sp³-hybridized carbons (Fsp3) is 0.211. The minimum atomic E-state index is -0.401. The number of rotatable bonds is 0. The van der Waals surface area contributed by atoms with E-state index < -0.39 is 5.92 Å². The Morgan fingerprint density at radius 1 is 1.04 bits per heavy atom. The predicted octanol–water partition coefficient (Wildman–Crippen LogP) is 2.52. The summed E-state index contributed by atoms with van der Waals surface area (Å²) in [5.41, 5.74) is 3.01. The Balaban J connectivity index is 1.61. The van der Waals surface area contributed by atoms with Crippen LogP contribution in [0.15, 0.2) is 30.0 Å². The first-order valence-electron chi connectivity index (χ1n) is 8.33. The fourth-order valence-electron chi connectivity index (χ4n) is 3.88. The lowest BCUT2D eigenvalue weighted by molar-refractivity contribution is -0.145. The van der Waals surface area contributed by atoms with Crippen LogP contribution in [0.2, 0.25) is 0 Å². The molecule has 1 fully saturated rings. The number of hydrogen-bond donors (Lipinski definition) is 0. The Morgan fingerprint density at radius 3 is 2.77 bits per heavy atom. The molecule has 0 saturated carbocycles. The van der Waals surface area contributed by atoms with Crippen molar-refractivity contribution in [3.8, 4) is 11.5 Å². The van der Waals surface area contributed by atoms with Crippen molar-refractivity contribution in [2.24, 2.45) is 5.92 Å². The van der Waals surface area contributed by atoms with Gasteiger partial charge in [0, 0.05) is 23.0 Å². The lowest BCUT2D eigenvalue weighted by Gasteiger charge is -2.27. The molecule has 1 saturated heterocycles. The highest BCUT2D eigenvalue weighted by atomic mass is 16.7. The first kappa shape index (κ1) is 13.9. The molecule has 128 valence electrons. The fourth-order valence-corrected chi connectivity index (χ4v) is 3.88. The van der Waals surface area contributed by atoms with Gasteiger partial charge >= 0.3 is 5.97 Å². The summed E-state index contributed by atoms with van der Waals surface area (Å²) < 4.78 is 17.5. The van der Waals surface area contributed by atoms with E-state index in [1.54, 1.807) is 10.8 Å². The van der Waals surface area contributed by atoms with Crippen molar-refractivity contribution in [1.29, 1.82) is 0 Å². The average molecular weight is 348 g/mol. The largest absolute Gasteiger partial charge is 0.464 e. The van der Waals surface area contributed by atoms with Crippen LogP contribution in [-0.2, 0) is 9.53 Å². The number of hydrogen-bond acceptors (Lipinski definition) is 6. The zero-order valence-corrected chi connectivity index (χ0v) is 13.5. The van der Waals surface area contributed by atoms with E-state index in [4.69, 9.17) is 19.2 Å². The molecule has 0 bridgehead atoms. The molecule has 5 heterocycles. The number of nitrogens with zero attached hydrogens (tertiary/aromatic N) is 2. The molecule has 0 spiro atoms. The van der Waals surface area contributed by atoms with Crippen molar-refractivity contribution in [2.45, 2.75) is 6.42 Å². The second kappa shape index (κ2) is 4.63. The number of esters is 1. The van der Waals surface area contributed by atoms with Gasteiger partial charge in [-0.2, -0.15) is 0 Å². The van der Waals surface area contributed by atoms with Crippen LogP contribution in [-0.4, -0.2) is 34.8 Å². The van der Waals surface area contributed by atoms with Gasteiger partial charge in [-0.15, -0.1) is 0 Å². The Kier molecular flexibility index (Phi) is 2.47. The summed E-state index contributed by atoms with van der Waals surface area (Å²) in [6.07, 6.45) is 3.85. The molecule has 26 heavy (non-hydrogen) atoms. The third-order valence-corrected chi connectivity index (χ3v) is 5.17. The highest BCUT2D eigenvalue weighted by Gasteiger charge is 2.36. The molecule has 0 radical (unpaired) electrons. The lowest BCUT2D eigenvalue weighted by Crippen LogP contribution is -2.35. The monoisotopic (exact) mass is 348 g/mol. The number of carbonyl (C=O) groups is 2. The van der Waals surface area contributed by atoms with Crippen molar-refractivity contribution < 1.29 is 23.8 Å². The SMILES string of the molecule is O=C1CC2=Cc3c4nc5cc6c(cc5cc4cn3C(=O)C2CO1)OCO6. The summed E-state index contributed by atoms with van der Waals surface area (Å²) in [7, 11) is 0. The molecule has 0 amide bonds. The maximum absolute atomic E-state index is 12.8. The number of ether oxygens (including phenoxy) is 3. The molecule has 3 aromatic rings. The molecule has 1 aromatic carbocycles. The highest BCUT2D eigenvalue weighted by Crippen LogP contribution is 2.38. The maximum Gasteiger partial charge on any atom is 0.309 e. The van der Waals surface area contributed by atoms with E-state index in [9.17, 15) is 9.59 Å². The Labute approximate surface area is 146 Å². The smallest absolute Gasteiger partial charge is 0.309 e. The van der Waals surface area contributed by atoms with Crippen LogP contribution >= 0.6 is 0 Å². The number of aromatic nitrogens is 2. The summed E-state index contributed by atoms with van der Waals surface area (Å²) in [6.45, 7) is 0.314. The van der Waals surface area contributed by atoms with Gasteiger partial charge in [0.05, 0.1) is 29.1 Å². The van der Waals surface area contributed by atoms with E-state index in [1.165, 1.54) is 0 Å². The number of cyclic esters (lactones) is 1. The van der Waals surface area contributed by atoms with Crippen LogP contribution in [0.4, 0.5) is 0 Å². The number of pyridine rings is 1. The zero-order chi connectivity index (χ0) is 17.4. The summed E-state index contributed by atoms with van der Waals surface area (Å²) in [4.78, 5) is 29.2. The number of carbonyl (C=O) groups excluding carboxylic acids is 2. The normalized spacial score (nSPS) is 20.8.